The second-order valence-electron chi connectivity index (χ2n) is 4.64. The molecular weight excluding hydrogens is 304 g/mol. The molecule has 116 valence electrons. The summed E-state index contributed by atoms with van der Waals surface area (Å²) in [7, 11) is 0. The molecule has 0 saturated carbocycles. The van der Waals surface area contributed by atoms with E-state index >= 15 is 0 Å². The number of nitrogens with zero attached hydrogens (tertiary/aromatic N) is 3. The molecule has 2 aromatic carbocycles. The average molecular weight is 315 g/mol. The summed E-state index contributed by atoms with van der Waals surface area (Å²) >= 11 is 0. The molecule has 5 nitrogen and oxygen atoms in total. The molecule has 0 aliphatic heterocycles. The molecule has 0 N–H and O–H groups in total. The van der Waals surface area contributed by atoms with Crippen LogP contribution in [0.5, 0.6) is 11.5 Å². The van der Waals surface area contributed by atoms with Gasteiger partial charge in [0.25, 0.3) is 6.30 Å². The van der Waals surface area contributed by atoms with Gasteiger partial charge in [0.15, 0.2) is 11.6 Å². The van der Waals surface area contributed by atoms with Crippen LogP contribution >= 0.6 is 0 Å². The van der Waals surface area contributed by atoms with Crippen LogP contribution in [0.15, 0.2) is 61.2 Å². The second kappa shape index (κ2) is 6.35. The molecule has 0 bridgehead atoms. The van der Waals surface area contributed by atoms with Crippen LogP contribution in [0.25, 0.3) is 0 Å². The van der Waals surface area contributed by atoms with Crippen molar-refractivity contribution in [2.24, 2.45) is 0 Å². The largest absolute Gasteiger partial charge is 0.454 e. The van der Waals surface area contributed by atoms with Crippen LogP contribution in [0.4, 0.5) is 8.78 Å². The van der Waals surface area contributed by atoms with Gasteiger partial charge in [0.1, 0.15) is 18.4 Å². The fraction of sp³-hybridized carbons (Fsp3) is 0.0625. The molecule has 1 heterocycles. The molecule has 23 heavy (non-hydrogen) atoms. The Hall–Kier alpha value is -3.09. The lowest BCUT2D eigenvalue weighted by Gasteiger charge is -2.10. The molecule has 7 heteroatoms. The first-order valence-corrected chi connectivity index (χ1v) is 6.70. The van der Waals surface area contributed by atoms with Gasteiger partial charge in [-0.05, 0) is 30.3 Å². The zero-order valence-corrected chi connectivity index (χ0v) is 11.8. The third-order valence-electron chi connectivity index (χ3n) is 3.07. The molecule has 0 spiro atoms. The molecule has 1 unspecified atom stereocenters. The minimum atomic E-state index is -2.06. The van der Waals surface area contributed by atoms with Crippen LogP contribution in [0, 0.1) is 5.82 Å². The Morgan fingerprint density at radius 1 is 1.17 bits per heavy atom. The smallest absolute Gasteiger partial charge is 0.255 e. The highest BCUT2D eigenvalue weighted by molar-refractivity contribution is 5.98. The molecule has 0 saturated heterocycles. The Morgan fingerprint density at radius 3 is 2.61 bits per heavy atom. The van der Waals surface area contributed by atoms with Gasteiger partial charge >= 0.3 is 0 Å². The van der Waals surface area contributed by atoms with Crippen molar-refractivity contribution >= 4 is 5.78 Å². The zero-order chi connectivity index (χ0) is 16.2. The Bertz CT molecular complexity index is 807. The van der Waals surface area contributed by atoms with E-state index in [9.17, 15) is 13.6 Å². The monoisotopic (exact) mass is 315 g/mol. The number of ketones is 1. The number of hydrogen-bond acceptors (Lipinski definition) is 4. The maximum absolute atomic E-state index is 14.1. The third-order valence-corrected chi connectivity index (χ3v) is 3.07. The highest BCUT2D eigenvalue weighted by Crippen LogP contribution is 2.26. The second-order valence-corrected chi connectivity index (χ2v) is 4.64. The van der Waals surface area contributed by atoms with Gasteiger partial charge in [0, 0.05) is 5.56 Å². The van der Waals surface area contributed by atoms with E-state index in [-0.39, 0.29) is 11.3 Å². The number of hydrogen-bond donors (Lipinski definition) is 0. The van der Waals surface area contributed by atoms with Gasteiger partial charge in [-0.1, -0.05) is 18.2 Å². The molecule has 1 aromatic heterocycles. The fourth-order valence-electron chi connectivity index (χ4n) is 1.94. The number of carbonyl (C=O) groups excluding carboxylic acids is 1. The summed E-state index contributed by atoms with van der Waals surface area (Å²) in [5, 5.41) is 3.55. The van der Waals surface area contributed by atoms with Crippen molar-refractivity contribution in [2.75, 3.05) is 0 Å². The van der Waals surface area contributed by atoms with Crippen molar-refractivity contribution in [3.05, 3.63) is 72.6 Å². The lowest BCUT2D eigenvalue weighted by Crippen LogP contribution is -2.16. The summed E-state index contributed by atoms with van der Waals surface area (Å²) in [6.45, 7) is 0. The number of carbonyl (C=O) groups is 1. The summed E-state index contributed by atoms with van der Waals surface area (Å²) in [5.74, 6) is -1.27. The number of ether oxygens (including phenoxy) is 1. The highest BCUT2D eigenvalue weighted by atomic mass is 19.1. The maximum Gasteiger partial charge on any atom is 0.255 e. The topological polar surface area (TPSA) is 57.0 Å². The molecule has 3 aromatic rings. The Kier molecular flexibility index (Phi) is 4.09. The average Bonchev–Trinajstić information content (AvgIpc) is 3.11. The number of benzene rings is 2. The standard InChI is InChI=1S/C16H11F2N3O2/c17-13-8-11(15(22)16(18)21-10-19-9-20-21)6-7-14(13)23-12-4-2-1-3-5-12/h1-10,16H. The van der Waals surface area contributed by atoms with E-state index in [0.717, 1.165) is 23.4 Å². The number of rotatable bonds is 5. The third kappa shape index (κ3) is 3.23. The van der Waals surface area contributed by atoms with Crippen molar-refractivity contribution in [3.63, 3.8) is 0 Å². The van der Waals surface area contributed by atoms with E-state index in [0.29, 0.717) is 5.75 Å². The summed E-state index contributed by atoms with van der Waals surface area (Å²) < 4.78 is 34.2. The summed E-state index contributed by atoms with van der Waals surface area (Å²) in [6, 6.07) is 12.1. The normalized spacial score (nSPS) is 11.9. The van der Waals surface area contributed by atoms with Crippen LogP contribution in [0.1, 0.15) is 16.7 Å². The number of alkyl halides is 1. The fourth-order valence-corrected chi connectivity index (χ4v) is 1.94. The predicted octanol–water partition coefficient (Wildman–Crippen LogP) is 3.56. The molecule has 0 amide bonds. The predicted molar refractivity (Wildman–Crippen MR) is 77.4 cm³/mol. The van der Waals surface area contributed by atoms with E-state index in [1.165, 1.54) is 12.1 Å². The summed E-state index contributed by atoms with van der Waals surface area (Å²) in [6.07, 6.45) is 0.126. The van der Waals surface area contributed by atoms with Crippen molar-refractivity contribution < 1.29 is 18.3 Å². The van der Waals surface area contributed by atoms with Gasteiger partial charge in [0.05, 0.1) is 0 Å². The van der Waals surface area contributed by atoms with E-state index in [4.69, 9.17) is 4.74 Å². The number of para-hydroxylation sites is 1. The van der Waals surface area contributed by atoms with Gasteiger partial charge in [-0.2, -0.15) is 5.10 Å². The zero-order valence-electron chi connectivity index (χ0n) is 11.8. The molecule has 0 aliphatic carbocycles. The van der Waals surface area contributed by atoms with Crippen LogP contribution in [-0.4, -0.2) is 20.5 Å². The SMILES string of the molecule is O=C(c1ccc(Oc2ccccc2)c(F)c1)C(F)n1cncn1. The van der Waals surface area contributed by atoms with Gasteiger partial charge in [-0.3, -0.25) is 4.79 Å². The number of halogens is 2. The van der Waals surface area contributed by atoms with Crippen LogP contribution in [0.3, 0.4) is 0 Å². The van der Waals surface area contributed by atoms with E-state index in [2.05, 4.69) is 10.1 Å². The first kappa shape index (κ1) is 14.8. The van der Waals surface area contributed by atoms with Crippen molar-refractivity contribution in [1.29, 1.82) is 0 Å². The molecule has 0 fully saturated rings. The van der Waals surface area contributed by atoms with Gasteiger partial charge in [-0.25, -0.2) is 18.4 Å². The van der Waals surface area contributed by atoms with Gasteiger partial charge in [0.2, 0.25) is 5.78 Å². The van der Waals surface area contributed by atoms with E-state index in [1.54, 1.807) is 30.3 Å². The van der Waals surface area contributed by atoms with Gasteiger partial charge < -0.3 is 4.74 Å². The van der Waals surface area contributed by atoms with Crippen molar-refractivity contribution in [1.82, 2.24) is 14.8 Å². The summed E-state index contributed by atoms with van der Waals surface area (Å²) in [5.41, 5.74) is -0.120. The van der Waals surface area contributed by atoms with Crippen LogP contribution in [-0.2, 0) is 0 Å². The minimum absolute atomic E-state index is 0.0519. The first-order chi connectivity index (χ1) is 11.1. The molecular formula is C16H11F2N3O2. The molecule has 0 radical (unpaired) electrons. The quantitative estimate of drug-likeness (QED) is 0.676. The number of Topliss-reactive ketones (excluding diaryl/α,β-unsaturated/α-hetero) is 1. The first-order valence-electron chi connectivity index (χ1n) is 6.70. The van der Waals surface area contributed by atoms with Crippen LogP contribution < -0.4 is 4.74 Å². The summed E-state index contributed by atoms with van der Waals surface area (Å²) in [4.78, 5) is 15.6. The Labute approximate surface area is 130 Å². The van der Waals surface area contributed by atoms with Crippen molar-refractivity contribution in [2.45, 2.75) is 6.30 Å². The number of aromatic nitrogens is 3. The van der Waals surface area contributed by atoms with Crippen molar-refractivity contribution in [3.8, 4) is 11.5 Å². The van der Waals surface area contributed by atoms with E-state index < -0.39 is 17.9 Å². The molecule has 1 atom stereocenters. The minimum Gasteiger partial charge on any atom is -0.454 e. The Balaban J connectivity index is 1.80. The van der Waals surface area contributed by atoms with Gasteiger partial charge in [-0.15, -0.1) is 0 Å². The van der Waals surface area contributed by atoms with E-state index in [1.807, 2.05) is 0 Å². The lowest BCUT2D eigenvalue weighted by molar-refractivity contribution is 0.0778. The maximum atomic E-state index is 14.1. The molecule has 0 aliphatic rings. The Morgan fingerprint density at radius 2 is 1.96 bits per heavy atom. The lowest BCUT2D eigenvalue weighted by atomic mass is 10.1. The molecule has 3 rings (SSSR count). The highest BCUT2D eigenvalue weighted by Gasteiger charge is 2.22. The van der Waals surface area contributed by atoms with Crippen LogP contribution in [0.2, 0.25) is 0 Å².